The highest BCUT2D eigenvalue weighted by Gasteiger charge is 2.39. The minimum atomic E-state index is 0.0325. The van der Waals surface area contributed by atoms with Crippen LogP contribution < -0.4 is 5.32 Å². The first-order valence-corrected chi connectivity index (χ1v) is 8.84. The second-order valence-corrected chi connectivity index (χ2v) is 6.98. The van der Waals surface area contributed by atoms with Crippen LogP contribution in [-0.4, -0.2) is 25.3 Å². The normalized spacial score (nSPS) is 19.8. The molecule has 2 nitrogen and oxygen atoms in total. The molecule has 3 heteroatoms. The second-order valence-electron chi connectivity index (χ2n) is 5.73. The van der Waals surface area contributed by atoms with E-state index in [-0.39, 0.29) is 5.60 Å². The number of hydrogen-bond acceptors (Lipinski definition) is 2. The summed E-state index contributed by atoms with van der Waals surface area (Å²) in [7, 11) is 2.08. The molecule has 0 radical (unpaired) electrons. The fraction of sp³-hybridized carbons (Fsp3) is 0.647. The highest BCUT2D eigenvalue weighted by Crippen LogP contribution is 2.35. The Kier molecular flexibility index (Phi) is 6.30. The van der Waals surface area contributed by atoms with Gasteiger partial charge in [-0.05, 0) is 73.5 Å². The maximum Gasteiger partial charge on any atom is 0.0837 e. The van der Waals surface area contributed by atoms with E-state index < -0.39 is 0 Å². The third-order valence-corrected chi connectivity index (χ3v) is 5.19. The highest BCUT2D eigenvalue weighted by molar-refractivity contribution is 14.1. The van der Waals surface area contributed by atoms with E-state index >= 15 is 0 Å². The lowest BCUT2D eigenvalue weighted by Gasteiger charge is -2.43. The predicted molar refractivity (Wildman–Crippen MR) is 93.2 cm³/mol. The summed E-state index contributed by atoms with van der Waals surface area (Å²) < 4.78 is 7.55. The van der Waals surface area contributed by atoms with Crippen molar-refractivity contribution in [1.82, 2.24) is 5.32 Å². The topological polar surface area (TPSA) is 21.3 Å². The second kappa shape index (κ2) is 7.76. The molecule has 1 atom stereocenters. The first kappa shape index (κ1) is 16.2. The van der Waals surface area contributed by atoms with Crippen LogP contribution in [0.3, 0.4) is 0 Å². The first-order chi connectivity index (χ1) is 9.70. The van der Waals surface area contributed by atoms with Crippen molar-refractivity contribution >= 4 is 22.6 Å². The summed E-state index contributed by atoms with van der Waals surface area (Å²) in [6.07, 6.45) is 7.38. The Hall–Kier alpha value is -0.130. The average molecular weight is 387 g/mol. The van der Waals surface area contributed by atoms with Crippen LogP contribution in [0.4, 0.5) is 0 Å². The third kappa shape index (κ3) is 3.95. The molecule has 1 fully saturated rings. The molecule has 20 heavy (non-hydrogen) atoms. The molecule has 0 bridgehead atoms. The van der Waals surface area contributed by atoms with Crippen LogP contribution in [0.1, 0.15) is 44.6 Å². The number of likely N-dealkylation sites (N-methyl/N-ethyl adjacent to an activating group) is 1. The lowest BCUT2D eigenvalue weighted by molar-refractivity contribution is -0.0883. The van der Waals surface area contributed by atoms with Crippen molar-refractivity contribution in [2.45, 2.75) is 57.1 Å². The van der Waals surface area contributed by atoms with Crippen LogP contribution >= 0.6 is 22.6 Å². The molecule has 1 unspecified atom stereocenters. The number of hydrogen-bond donors (Lipinski definition) is 1. The van der Waals surface area contributed by atoms with Crippen LogP contribution in [0.5, 0.6) is 0 Å². The summed E-state index contributed by atoms with van der Waals surface area (Å²) >= 11 is 2.36. The van der Waals surface area contributed by atoms with Crippen molar-refractivity contribution in [2.75, 3.05) is 13.7 Å². The molecule has 0 heterocycles. The number of rotatable bonds is 6. The summed E-state index contributed by atoms with van der Waals surface area (Å²) in [5.74, 6) is 0. The average Bonchev–Trinajstić information content (AvgIpc) is 2.48. The maximum absolute atomic E-state index is 6.26. The maximum atomic E-state index is 6.26. The van der Waals surface area contributed by atoms with Crippen molar-refractivity contribution in [3.05, 3.63) is 33.4 Å². The van der Waals surface area contributed by atoms with E-state index in [0.29, 0.717) is 6.04 Å². The Bertz CT molecular complexity index is 392. The molecule has 0 aliphatic heterocycles. The first-order valence-electron chi connectivity index (χ1n) is 7.76. The highest BCUT2D eigenvalue weighted by atomic mass is 127. The molecule has 0 spiro atoms. The number of benzene rings is 1. The molecule has 2 rings (SSSR count). The molecular formula is C17H26INO. The minimum Gasteiger partial charge on any atom is -0.374 e. The molecular weight excluding hydrogens is 361 g/mol. The van der Waals surface area contributed by atoms with Crippen LogP contribution in [-0.2, 0) is 11.2 Å². The number of halogens is 1. The van der Waals surface area contributed by atoms with E-state index in [1.165, 1.54) is 41.2 Å². The molecule has 1 aliphatic carbocycles. The SMILES string of the molecule is CCOC1(C(Cc2ccc(I)cc2)NC)CCCCC1. The summed E-state index contributed by atoms with van der Waals surface area (Å²) in [4.78, 5) is 0. The van der Waals surface area contributed by atoms with Gasteiger partial charge in [0.1, 0.15) is 0 Å². The van der Waals surface area contributed by atoms with Gasteiger partial charge < -0.3 is 10.1 Å². The number of ether oxygens (including phenoxy) is 1. The summed E-state index contributed by atoms with van der Waals surface area (Å²) in [6, 6.07) is 9.28. The Labute approximate surface area is 136 Å². The molecule has 1 aromatic carbocycles. The van der Waals surface area contributed by atoms with Crippen LogP contribution in [0, 0.1) is 3.57 Å². The molecule has 0 aromatic heterocycles. The summed E-state index contributed by atoms with van der Waals surface area (Å²) in [6.45, 7) is 2.93. The largest absolute Gasteiger partial charge is 0.374 e. The molecule has 1 aromatic rings. The van der Waals surface area contributed by atoms with E-state index in [9.17, 15) is 0 Å². The lowest BCUT2D eigenvalue weighted by Crippen LogP contribution is -2.53. The molecule has 1 aliphatic rings. The van der Waals surface area contributed by atoms with Crippen LogP contribution in [0.25, 0.3) is 0 Å². The van der Waals surface area contributed by atoms with Crippen molar-refractivity contribution < 1.29 is 4.74 Å². The Morgan fingerprint density at radius 2 is 1.85 bits per heavy atom. The van der Waals surface area contributed by atoms with Gasteiger partial charge >= 0.3 is 0 Å². The van der Waals surface area contributed by atoms with Gasteiger partial charge in [0.05, 0.1) is 5.60 Å². The predicted octanol–water partition coefficient (Wildman–Crippen LogP) is 4.16. The molecule has 112 valence electrons. The van der Waals surface area contributed by atoms with E-state index in [1.807, 2.05) is 0 Å². The van der Waals surface area contributed by atoms with Gasteiger partial charge in [-0.15, -0.1) is 0 Å². The standard InChI is InChI=1S/C17H26INO/c1-3-20-17(11-5-4-6-12-17)16(19-2)13-14-7-9-15(18)10-8-14/h7-10,16,19H,3-6,11-13H2,1-2H3. The monoisotopic (exact) mass is 387 g/mol. The zero-order valence-electron chi connectivity index (χ0n) is 12.6. The van der Waals surface area contributed by atoms with E-state index in [4.69, 9.17) is 4.74 Å². The smallest absolute Gasteiger partial charge is 0.0837 e. The lowest BCUT2D eigenvalue weighted by atomic mass is 9.77. The van der Waals surface area contributed by atoms with Gasteiger partial charge in [0.15, 0.2) is 0 Å². The number of nitrogens with one attached hydrogen (secondary N) is 1. The van der Waals surface area contributed by atoms with E-state index in [1.54, 1.807) is 0 Å². The zero-order valence-corrected chi connectivity index (χ0v) is 14.8. The fourth-order valence-electron chi connectivity index (χ4n) is 3.44. The Morgan fingerprint density at radius 3 is 2.40 bits per heavy atom. The van der Waals surface area contributed by atoms with Gasteiger partial charge in [-0.25, -0.2) is 0 Å². The third-order valence-electron chi connectivity index (χ3n) is 4.47. The van der Waals surface area contributed by atoms with Crippen molar-refractivity contribution in [3.8, 4) is 0 Å². The molecule has 1 saturated carbocycles. The Morgan fingerprint density at radius 1 is 1.20 bits per heavy atom. The van der Waals surface area contributed by atoms with Gasteiger partial charge in [-0.3, -0.25) is 0 Å². The minimum absolute atomic E-state index is 0.0325. The summed E-state index contributed by atoms with van der Waals surface area (Å²) in [5, 5.41) is 3.53. The van der Waals surface area contributed by atoms with Gasteiger partial charge in [-0.1, -0.05) is 31.4 Å². The van der Waals surface area contributed by atoms with Gasteiger partial charge in [0.2, 0.25) is 0 Å². The van der Waals surface area contributed by atoms with Crippen LogP contribution in [0.2, 0.25) is 0 Å². The van der Waals surface area contributed by atoms with Crippen molar-refractivity contribution in [3.63, 3.8) is 0 Å². The quantitative estimate of drug-likeness (QED) is 0.741. The van der Waals surface area contributed by atoms with Crippen molar-refractivity contribution in [1.29, 1.82) is 0 Å². The van der Waals surface area contributed by atoms with Gasteiger partial charge in [-0.2, -0.15) is 0 Å². The van der Waals surface area contributed by atoms with Gasteiger partial charge in [0.25, 0.3) is 0 Å². The molecule has 0 saturated heterocycles. The Balaban J connectivity index is 2.13. The zero-order chi connectivity index (χ0) is 14.4. The fourth-order valence-corrected chi connectivity index (χ4v) is 3.80. The van der Waals surface area contributed by atoms with E-state index in [0.717, 1.165) is 13.0 Å². The molecule has 0 amide bonds. The van der Waals surface area contributed by atoms with Crippen LogP contribution in [0.15, 0.2) is 24.3 Å². The van der Waals surface area contributed by atoms with Crippen molar-refractivity contribution in [2.24, 2.45) is 0 Å². The van der Waals surface area contributed by atoms with E-state index in [2.05, 4.69) is 66.1 Å². The summed E-state index contributed by atoms with van der Waals surface area (Å²) in [5.41, 5.74) is 1.43. The van der Waals surface area contributed by atoms with Gasteiger partial charge in [0, 0.05) is 16.2 Å². The molecule has 1 N–H and O–H groups in total.